The number of rotatable bonds is 5. The lowest BCUT2D eigenvalue weighted by Gasteiger charge is -2.19. The van der Waals surface area contributed by atoms with Crippen LogP contribution in [0.5, 0.6) is 11.5 Å². The SMILES string of the molecule is Cc1cc(Nc2ncnc3cnc(C4=CC(C)NCC4)nc23)c(F)cc1Oc1ccn2ncnc2c1. The van der Waals surface area contributed by atoms with Gasteiger partial charge < -0.3 is 15.4 Å². The fourth-order valence-corrected chi connectivity index (χ4v) is 4.15. The molecule has 180 valence electrons. The zero-order chi connectivity index (χ0) is 24.6. The third-order valence-corrected chi connectivity index (χ3v) is 5.97. The first-order valence-corrected chi connectivity index (χ1v) is 11.5. The Balaban J connectivity index is 1.31. The van der Waals surface area contributed by atoms with Gasteiger partial charge in [0.05, 0.1) is 11.9 Å². The fourth-order valence-electron chi connectivity index (χ4n) is 4.15. The second-order valence-electron chi connectivity index (χ2n) is 8.58. The van der Waals surface area contributed by atoms with Gasteiger partial charge in [0, 0.05) is 24.4 Å². The van der Waals surface area contributed by atoms with Gasteiger partial charge in [0.15, 0.2) is 17.3 Å². The molecule has 2 N–H and O–H groups in total. The highest BCUT2D eigenvalue weighted by Crippen LogP contribution is 2.32. The van der Waals surface area contributed by atoms with Gasteiger partial charge in [-0.3, -0.25) is 0 Å². The largest absolute Gasteiger partial charge is 0.457 e. The number of nitrogens with one attached hydrogen (secondary N) is 2. The number of halogens is 1. The van der Waals surface area contributed by atoms with Crippen molar-refractivity contribution >= 4 is 33.8 Å². The number of benzene rings is 1. The summed E-state index contributed by atoms with van der Waals surface area (Å²) in [6.45, 7) is 4.79. The minimum atomic E-state index is -0.491. The van der Waals surface area contributed by atoms with Crippen molar-refractivity contribution in [3.05, 3.63) is 72.6 Å². The zero-order valence-electron chi connectivity index (χ0n) is 19.6. The van der Waals surface area contributed by atoms with E-state index in [0.29, 0.717) is 39.8 Å². The maximum atomic E-state index is 15.2. The van der Waals surface area contributed by atoms with Gasteiger partial charge in [-0.25, -0.2) is 33.8 Å². The molecular formula is C25H22FN9O. The molecule has 0 saturated heterocycles. The van der Waals surface area contributed by atoms with E-state index in [2.05, 4.69) is 48.7 Å². The molecule has 0 saturated carbocycles. The van der Waals surface area contributed by atoms with E-state index < -0.39 is 5.82 Å². The van der Waals surface area contributed by atoms with E-state index in [1.807, 2.05) is 6.92 Å². The first-order valence-electron chi connectivity index (χ1n) is 11.5. The molecule has 0 radical (unpaired) electrons. The quantitative estimate of drug-likeness (QED) is 0.379. The van der Waals surface area contributed by atoms with Crippen LogP contribution in [0.2, 0.25) is 0 Å². The summed E-state index contributed by atoms with van der Waals surface area (Å²) in [5.74, 6) is 1.46. The Morgan fingerprint density at radius 2 is 2.06 bits per heavy atom. The third-order valence-electron chi connectivity index (χ3n) is 5.97. The minimum absolute atomic E-state index is 0.244. The monoisotopic (exact) mass is 483 g/mol. The van der Waals surface area contributed by atoms with Crippen LogP contribution in [0.25, 0.3) is 22.3 Å². The molecule has 1 aromatic carbocycles. The van der Waals surface area contributed by atoms with Crippen molar-refractivity contribution in [2.45, 2.75) is 26.3 Å². The highest BCUT2D eigenvalue weighted by molar-refractivity contribution is 5.87. The summed E-state index contributed by atoms with van der Waals surface area (Å²) in [4.78, 5) is 22.0. The maximum absolute atomic E-state index is 15.2. The number of nitrogens with zero attached hydrogens (tertiary/aromatic N) is 7. The summed E-state index contributed by atoms with van der Waals surface area (Å²) in [5.41, 5.74) is 3.78. The molecule has 5 heterocycles. The lowest BCUT2D eigenvalue weighted by Crippen LogP contribution is -2.29. The van der Waals surface area contributed by atoms with E-state index >= 15 is 4.39 Å². The molecule has 1 unspecified atom stereocenters. The van der Waals surface area contributed by atoms with E-state index in [9.17, 15) is 0 Å². The van der Waals surface area contributed by atoms with Gasteiger partial charge >= 0.3 is 0 Å². The molecule has 1 aliphatic rings. The van der Waals surface area contributed by atoms with Gasteiger partial charge in [-0.15, -0.1) is 0 Å². The molecule has 0 amide bonds. The second kappa shape index (κ2) is 8.93. The van der Waals surface area contributed by atoms with Gasteiger partial charge in [0.2, 0.25) is 0 Å². The molecule has 10 nitrogen and oxygen atoms in total. The van der Waals surface area contributed by atoms with Crippen molar-refractivity contribution in [3.63, 3.8) is 0 Å². The van der Waals surface area contributed by atoms with Crippen LogP contribution in [-0.4, -0.2) is 47.1 Å². The first-order chi connectivity index (χ1) is 17.5. The van der Waals surface area contributed by atoms with Gasteiger partial charge in [-0.1, -0.05) is 6.08 Å². The Morgan fingerprint density at radius 1 is 1.14 bits per heavy atom. The van der Waals surface area contributed by atoms with Crippen LogP contribution in [0.3, 0.4) is 0 Å². The van der Waals surface area contributed by atoms with Crippen LogP contribution in [0.4, 0.5) is 15.9 Å². The number of ether oxygens (including phenoxy) is 1. The Labute approximate surface area is 205 Å². The lowest BCUT2D eigenvalue weighted by molar-refractivity contribution is 0.473. The standard InChI is InChI=1S/C25H22FN9O/c1-14-7-19(18(26)10-21(14)36-17-4-6-35-22(9-17)30-13-32-35)33-25-23-20(29-12-31-25)11-28-24(34-23)16-3-5-27-15(2)8-16/h4,6-13,15,27H,3,5H2,1-2H3,(H,29,31,33). The average Bonchev–Trinajstić information content (AvgIpc) is 3.35. The first kappa shape index (κ1) is 22.0. The van der Waals surface area contributed by atoms with Crippen molar-refractivity contribution in [1.82, 2.24) is 39.9 Å². The molecule has 1 aliphatic heterocycles. The highest BCUT2D eigenvalue weighted by atomic mass is 19.1. The van der Waals surface area contributed by atoms with Gasteiger partial charge in [0.25, 0.3) is 0 Å². The Morgan fingerprint density at radius 3 is 2.94 bits per heavy atom. The topological polar surface area (TPSA) is 115 Å². The van der Waals surface area contributed by atoms with Crippen LogP contribution in [0.1, 0.15) is 24.7 Å². The van der Waals surface area contributed by atoms with Crippen LogP contribution < -0.4 is 15.4 Å². The molecule has 0 aliphatic carbocycles. The minimum Gasteiger partial charge on any atom is -0.457 e. The summed E-state index contributed by atoms with van der Waals surface area (Å²) >= 11 is 0. The van der Waals surface area contributed by atoms with E-state index in [0.717, 1.165) is 24.1 Å². The van der Waals surface area contributed by atoms with Crippen molar-refractivity contribution in [3.8, 4) is 11.5 Å². The maximum Gasteiger partial charge on any atom is 0.160 e. The van der Waals surface area contributed by atoms with Crippen molar-refractivity contribution in [2.75, 3.05) is 11.9 Å². The summed E-state index contributed by atoms with van der Waals surface area (Å²) in [5, 5.41) is 10.5. The second-order valence-corrected chi connectivity index (χ2v) is 8.58. The summed E-state index contributed by atoms with van der Waals surface area (Å²) in [6.07, 6.45) is 9.20. The van der Waals surface area contributed by atoms with Gasteiger partial charge in [-0.05, 0) is 50.1 Å². The fraction of sp³-hybridized carbons (Fsp3) is 0.200. The van der Waals surface area contributed by atoms with Crippen molar-refractivity contribution in [2.24, 2.45) is 0 Å². The highest BCUT2D eigenvalue weighted by Gasteiger charge is 2.17. The van der Waals surface area contributed by atoms with E-state index in [4.69, 9.17) is 9.72 Å². The van der Waals surface area contributed by atoms with Gasteiger partial charge in [-0.2, -0.15) is 5.10 Å². The summed E-state index contributed by atoms with van der Waals surface area (Å²) < 4.78 is 22.7. The van der Waals surface area contributed by atoms with Gasteiger partial charge in [0.1, 0.15) is 41.0 Å². The number of hydrogen-bond donors (Lipinski definition) is 2. The normalized spacial score (nSPS) is 15.8. The third kappa shape index (κ3) is 4.20. The Bertz CT molecular complexity index is 1630. The predicted octanol–water partition coefficient (Wildman–Crippen LogP) is 4.21. The molecule has 36 heavy (non-hydrogen) atoms. The number of aromatic nitrogens is 7. The predicted molar refractivity (Wildman–Crippen MR) is 133 cm³/mol. The van der Waals surface area contributed by atoms with Crippen LogP contribution in [0.15, 0.2) is 55.4 Å². The van der Waals surface area contributed by atoms with Crippen LogP contribution >= 0.6 is 0 Å². The lowest BCUT2D eigenvalue weighted by atomic mass is 10.0. The molecular weight excluding hydrogens is 461 g/mol. The summed E-state index contributed by atoms with van der Waals surface area (Å²) in [6, 6.07) is 6.74. The molecule has 0 bridgehead atoms. The number of fused-ring (bicyclic) bond motifs is 2. The zero-order valence-corrected chi connectivity index (χ0v) is 19.6. The Kier molecular flexibility index (Phi) is 5.45. The molecule has 11 heteroatoms. The number of hydrogen-bond acceptors (Lipinski definition) is 9. The molecule has 6 rings (SSSR count). The van der Waals surface area contributed by atoms with Crippen molar-refractivity contribution in [1.29, 1.82) is 0 Å². The number of anilines is 2. The molecule has 1 atom stereocenters. The Hall–Kier alpha value is -4.51. The van der Waals surface area contributed by atoms with E-state index in [-0.39, 0.29) is 11.7 Å². The van der Waals surface area contributed by atoms with E-state index in [1.165, 1.54) is 18.7 Å². The average molecular weight is 484 g/mol. The van der Waals surface area contributed by atoms with Crippen LogP contribution in [0, 0.1) is 12.7 Å². The molecule has 5 aromatic rings. The smallest absolute Gasteiger partial charge is 0.160 e. The van der Waals surface area contributed by atoms with Crippen molar-refractivity contribution < 1.29 is 9.13 Å². The van der Waals surface area contributed by atoms with E-state index in [1.54, 1.807) is 35.1 Å². The number of pyridine rings is 1. The molecule has 0 fully saturated rings. The molecule has 0 spiro atoms. The number of aryl methyl sites for hydroxylation is 1. The van der Waals surface area contributed by atoms with Crippen LogP contribution in [-0.2, 0) is 0 Å². The molecule has 4 aromatic heterocycles. The summed E-state index contributed by atoms with van der Waals surface area (Å²) in [7, 11) is 0.